The summed E-state index contributed by atoms with van der Waals surface area (Å²) in [6, 6.07) is 20.7. The van der Waals surface area contributed by atoms with Gasteiger partial charge in [-0.2, -0.15) is 0 Å². The molecule has 2 heterocycles. The van der Waals surface area contributed by atoms with Crippen molar-refractivity contribution < 1.29 is 4.79 Å². The highest BCUT2D eigenvalue weighted by Gasteiger charge is 2.26. The zero-order chi connectivity index (χ0) is 18.8. The highest BCUT2D eigenvalue weighted by Crippen LogP contribution is 2.33. The number of amides is 2. The van der Waals surface area contributed by atoms with E-state index in [9.17, 15) is 4.79 Å². The molecule has 5 nitrogen and oxygen atoms in total. The third-order valence-corrected chi connectivity index (χ3v) is 5.42. The fraction of sp³-hybridized carbons (Fsp3) is 0.273. The summed E-state index contributed by atoms with van der Waals surface area (Å²) in [6.07, 6.45) is 0. The first-order chi connectivity index (χ1) is 13.1. The van der Waals surface area contributed by atoms with Crippen molar-refractivity contribution in [2.24, 2.45) is 5.73 Å². The Kier molecular flexibility index (Phi) is 4.77. The molecule has 1 fully saturated rings. The lowest BCUT2D eigenvalue weighted by atomic mass is 9.97. The Bertz CT molecular complexity index is 949. The van der Waals surface area contributed by atoms with E-state index in [2.05, 4.69) is 42.2 Å². The summed E-state index contributed by atoms with van der Waals surface area (Å²) in [6.45, 7) is 5.18. The second-order valence-electron chi connectivity index (χ2n) is 7.02. The van der Waals surface area contributed by atoms with Crippen LogP contribution in [0.15, 0.2) is 60.7 Å². The predicted molar refractivity (Wildman–Crippen MR) is 108 cm³/mol. The van der Waals surface area contributed by atoms with Crippen LogP contribution in [0.3, 0.4) is 0 Å². The average Bonchev–Trinajstić information content (AvgIpc) is 2.73. The van der Waals surface area contributed by atoms with Gasteiger partial charge < -0.3 is 10.6 Å². The Morgan fingerprint density at radius 3 is 2.37 bits per heavy atom. The van der Waals surface area contributed by atoms with Gasteiger partial charge in [-0.05, 0) is 24.6 Å². The molecular formula is C22H24N4O. The molecule has 2 amide bonds. The number of aromatic nitrogens is 1. The van der Waals surface area contributed by atoms with Crippen LogP contribution >= 0.6 is 0 Å². The number of urea groups is 1. The Hall–Kier alpha value is -2.92. The fourth-order valence-electron chi connectivity index (χ4n) is 3.80. The summed E-state index contributed by atoms with van der Waals surface area (Å²) in [5.74, 6) is 0. The zero-order valence-corrected chi connectivity index (χ0v) is 15.5. The molecule has 0 saturated carbocycles. The minimum atomic E-state index is -0.334. The second-order valence-corrected chi connectivity index (χ2v) is 7.02. The van der Waals surface area contributed by atoms with E-state index in [4.69, 9.17) is 10.7 Å². The molecule has 5 heteroatoms. The molecule has 0 spiro atoms. The van der Waals surface area contributed by atoms with Gasteiger partial charge in [0.05, 0.1) is 11.2 Å². The molecular weight excluding hydrogens is 336 g/mol. The first-order valence-electron chi connectivity index (χ1n) is 9.37. The summed E-state index contributed by atoms with van der Waals surface area (Å²) >= 11 is 0. The number of rotatable bonds is 3. The minimum absolute atomic E-state index is 0.201. The van der Waals surface area contributed by atoms with Crippen molar-refractivity contribution >= 4 is 16.9 Å². The minimum Gasteiger partial charge on any atom is -0.351 e. The maximum atomic E-state index is 11.4. The SMILES string of the molecule is CC(c1cc2ccccc2nc1-c1ccccc1)N1CCN(C(N)=O)CC1. The summed E-state index contributed by atoms with van der Waals surface area (Å²) in [5.41, 5.74) is 9.79. The van der Waals surface area contributed by atoms with E-state index in [1.165, 1.54) is 5.56 Å². The van der Waals surface area contributed by atoms with Crippen molar-refractivity contribution in [1.82, 2.24) is 14.8 Å². The topological polar surface area (TPSA) is 62.5 Å². The third-order valence-electron chi connectivity index (χ3n) is 5.42. The van der Waals surface area contributed by atoms with Gasteiger partial charge in [0, 0.05) is 43.2 Å². The number of carbonyl (C=O) groups excluding carboxylic acids is 1. The van der Waals surface area contributed by atoms with E-state index in [1.807, 2.05) is 30.3 Å². The lowest BCUT2D eigenvalue weighted by molar-refractivity contribution is 0.118. The lowest BCUT2D eigenvalue weighted by Gasteiger charge is -2.38. The summed E-state index contributed by atoms with van der Waals surface area (Å²) in [5, 5.41) is 1.15. The molecule has 2 N–H and O–H groups in total. The fourth-order valence-corrected chi connectivity index (χ4v) is 3.80. The highest BCUT2D eigenvalue weighted by molar-refractivity contribution is 5.83. The number of nitrogens with zero attached hydrogens (tertiary/aromatic N) is 3. The van der Waals surface area contributed by atoms with Crippen molar-refractivity contribution in [2.75, 3.05) is 26.2 Å². The van der Waals surface area contributed by atoms with Gasteiger partial charge in [0.25, 0.3) is 0 Å². The van der Waals surface area contributed by atoms with Crippen LogP contribution in [0.4, 0.5) is 4.79 Å². The molecule has 0 aliphatic carbocycles. The monoisotopic (exact) mass is 360 g/mol. The van der Waals surface area contributed by atoms with Crippen molar-refractivity contribution in [3.63, 3.8) is 0 Å². The van der Waals surface area contributed by atoms with Gasteiger partial charge in [-0.3, -0.25) is 4.90 Å². The first kappa shape index (κ1) is 17.5. The Balaban J connectivity index is 1.72. The number of benzene rings is 2. The van der Waals surface area contributed by atoms with Crippen LogP contribution in [0, 0.1) is 0 Å². The molecule has 4 rings (SSSR count). The van der Waals surface area contributed by atoms with Gasteiger partial charge in [0.1, 0.15) is 0 Å². The number of hydrogen-bond acceptors (Lipinski definition) is 3. The van der Waals surface area contributed by atoms with Crippen LogP contribution in [0.5, 0.6) is 0 Å². The molecule has 1 aliphatic rings. The van der Waals surface area contributed by atoms with Crippen LogP contribution in [-0.2, 0) is 0 Å². The molecule has 1 aliphatic heterocycles. The first-order valence-corrected chi connectivity index (χ1v) is 9.37. The van der Waals surface area contributed by atoms with E-state index in [0.29, 0.717) is 13.1 Å². The molecule has 2 aromatic carbocycles. The van der Waals surface area contributed by atoms with Crippen LogP contribution in [-0.4, -0.2) is 47.0 Å². The molecule has 0 bridgehead atoms. The molecule has 1 saturated heterocycles. The number of carbonyl (C=O) groups is 1. The largest absolute Gasteiger partial charge is 0.351 e. The number of para-hydroxylation sites is 1. The van der Waals surface area contributed by atoms with Crippen molar-refractivity contribution in [3.8, 4) is 11.3 Å². The van der Waals surface area contributed by atoms with E-state index in [-0.39, 0.29) is 12.1 Å². The summed E-state index contributed by atoms with van der Waals surface area (Å²) in [7, 11) is 0. The number of primary amides is 1. The number of pyridine rings is 1. The summed E-state index contributed by atoms with van der Waals surface area (Å²) in [4.78, 5) is 20.5. The maximum Gasteiger partial charge on any atom is 0.314 e. The van der Waals surface area contributed by atoms with Gasteiger partial charge in [0.2, 0.25) is 0 Å². The normalized spacial score (nSPS) is 16.4. The second kappa shape index (κ2) is 7.37. The quantitative estimate of drug-likeness (QED) is 0.775. The molecule has 1 aromatic heterocycles. The highest BCUT2D eigenvalue weighted by atomic mass is 16.2. The molecule has 1 unspecified atom stereocenters. The smallest absolute Gasteiger partial charge is 0.314 e. The van der Waals surface area contributed by atoms with E-state index >= 15 is 0 Å². The number of fused-ring (bicyclic) bond motifs is 1. The number of piperazine rings is 1. The predicted octanol–water partition coefficient (Wildman–Crippen LogP) is 3.66. The van der Waals surface area contributed by atoms with E-state index in [0.717, 1.165) is 35.2 Å². The van der Waals surface area contributed by atoms with Gasteiger partial charge >= 0.3 is 6.03 Å². The average molecular weight is 360 g/mol. The van der Waals surface area contributed by atoms with Gasteiger partial charge in [-0.25, -0.2) is 9.78 Å². The van der Waals surface area contributed by atoms with Gasteiger partial charge in [0.15, 0.2) is 0 Å². The van der Waals surface area contributed by atoms with Crippen LogP contribution < -0.4 is 5.73 Å². The molecule has 0 radical (unpaired) electrons. The van der Waals surface area contributed by atoms with Crippen molar-refractivity contribution in [1.29, 1.82) is 0 Å². The van der Waals surface area contributed by atoms with E-state index in [1.54, 1.807) is 4.90 Å². The number of nitrogens with two attached hydrogens (primary N) is 1. The Morgan fingerprint density at radius 1 is 1.00 bits per heavy atom. The van der Waals surface area contributed by atoms with E-state index < -0.39 is 0 Å². The van der Waals surface area contributed by atoms with Gasteiger partial charge in [-0.1, -0.05) is 48.5 Å². The van der Waals surface area contributed by atoms with Crippen LogP contribution in [0.25, 0.3) is 22.2 Å². The summed E-state index contributed by atoms with van der Waals surface area (Å²) < 4.78 is 0. The van der Waals surface area contributed by atoms with Crippen molar-refractivity contribution in [3.05, 3.63) is 66.2 Å². The van der Waals surface area contributed by atoms with Crippen LogP contribution in [0.1, 0.15) is 18.5 Å². The standard InChI is InChI=1S/C22H24N4O/c1-16(25-11-13-26(14-12-25)22(23)27)19-15-18-9-5-6-10-20(18)24-21(19)17-7-3-2-4-8-17/h2-10,15-16H,11-14H2,1H3,(H2,23,27). The Labute approximate surface area is 159 Å². The molecule has 27 heavy (non-hydrogen) atoms. The number of hydrogen-bond donors (Lipinski definition) is 1. The Morgan fingerprint density at radius 2 is 1.67 bits per heavy atom. The van der Waals surface area contributed by atoms with Gasteiger partial charge in [-0.15, -0.1) is 0 Å². The lowest BCUT2D eigenvalue weighted by Crippen LogP contribution is -2.50. The maximum absolute atomic E-state index is 11.4. The third kappa shape index (κ3) is 3.51. The molecule has 3 aromatic rings. The molecule has 138 valence electrons. The van der Waals surface area contributed by atoms with Crippen LogP contribution in [0.2, 0.25) is 0 Å². The molecule has 1 atom stereocenters. The van der Waals surface area contributed by atoms with Crippen molar-refractivity contribution in [2.45, 2.75) is 13.0 Å². The zero-order valence-electron chi connectivity index (χ0n) is 15.5.